The molecule has 1 fully saturated rings. The highest BCUT2D eigenvalue weighted by Crippen LogP contribution is 2.21. The van der Waals surface area contributed by atoms with Gasteiger partial charge in [-0.2, -0.15) is 4.31 Å². The van der Waals surface area contributed by atoms with E-state index in [1.807, 2.05) is 4.90 Å². The number of esters is 1. The molecule has 8 nitrogen and oxygen atoms in total. The lowest BCUT2D eigenvalue weighted by molar-refractivity contribution is -0.147. The second-order valence-corrected chi connectivity index (χ2v) is 8.68. The summed E-state index contributed by atoms with van der Waals surface area (Å²) in [5, 5.41) is 2.77. The van der Waals surface area contributed by atoms with E-state index in [1.165, 1.54) is 23.5 Å². The number of anilines is 1. The fourth-order valence-corrected chi connectivity index (χ4v) is 4.85. The van der Waals surface area contributed by atoms with Gasteiger partial charge in [0.1, 0.15) is 0 Å². The molecule has 0 bridgehead atoms. The first kappa shape index (κ1) is 22.3. The van der Waals surface area contributed by atoms with Crippen molar-refractivity contribution in [2.75, 3.05) is 45.2 Å². The van der Waals surface area contributed by atoms with Crippen molar-refractivity contribution in [3.63, 3.8) is 0 Å². The Hall–Kier alpha value is -1.97. The number of likely N-dealkylation sites (tertiary alicyclic amines) is 1. The summed E-state index contributed by atoms with van der Waals surface area (Å²) >= 11 is 0. The number of nitrogens with one attached hydrogen (secondary N) is 1. The Balaban J connectivity index is 1.96. The zero-order chi connectivity index (χ0) is 20.7. The van der Waals surface area contributed by atoms with Crippen molar-refractivity contribution in [3.05, 3.63) is 24.3 Å². The number of piperidine rings is 1. The highest BCUT2D eigenvalue weighted by Gasteiger charge is 2.26. The van der Waals surface area contributed by atoms with Gasteiger partial charge in [0.15, 0.2) is 0 Å². The Labute approximate surface area is 166 Å². The Morgan fingerprint density at radius 3 is 2.43 bits per heavy atom. The second-order valence-electron chi connectivity index (χ2n) is 6.74. The van der Waals surface area contributed by atoms with Crippen molar-refractivity contribution in [1.29, 1.82) is 0 Å². The fraction of sp³-hybridized carbons (Fsp3) is 0.579. The number of methoxy groups -OCH3 is 1. The van der Waals surface area contributed by atoms with Crippen molar-refractivity contribution in [2.24, 2.45) is 5.92 Å². The molecule has 9 heteroatoms. The number of hydrogen-bond donors (Lipinski definition) is 1. The van der Waals surface area contributed by atoms with Crippen LogP contribution in [0.4, 0.5) is 5.69 Å². The van der Waals surface area contributed by atoms with Crippen molar-refractivity contribution in [2.45, 2.75) is 31.6 Å². The number of carbonyl (C=O) groups is 2. The molecule has 0 unspecified atom stereocenters. The van der Waals surface area contributed by atoms with E-state index in [0.717, 1.165) is 0 Å². The third kappa shape index (κ3) is 5.52. The maximum absolute atomic E-state index is 12.6. The van der Waals surface area contributed by atoms with Gasteiger partial charge in [0.05, 0.1) is 24.5 Å². The van der Waals surface area contributed by atoms with Gasteiger partial charge < -0.3 is 10.1 Å². The highest BCUT2D eigenvalue weighted by molar-refractivity contribution is 7.89. The molecule has 28 heavy (non-hydrogen) atoms. The van der Waals surface area contributed by atoms with Gasteiger partial charge in [-0.05, 0) is 44.1 Å². The predicted molar refractivity (Wildman–Crippen MR) is 106 cm³/mol. The normalized spacial score (nSPS) is 16.1. The molecule has 1 aromatic carbocycles. The van der Waals surface area contributed by atoms with E-state index in [2.05, 4.69) is 5.32 Å². The number of ether oxygens (including phenoxy) is 1. The van der Waals surface area contributed by atoms with E-state index in [9.17, 15) is 18.0 Å². The van der Waals surface area contributed by atoms with Crippen LogP contribution in [0.2, 0.25) is 0 Å². The van der Waals surface area contributed by atoms with Gasteiger partial charge in [0, 0.05) is 18.8 Å². The largest absolute Gasteiger partial charge is 0.469 e. The molecule has 1 aliphatic heterocycles. The number of rotatable bonds is 8. The van der Waals surface area contributed by atoms with Crippen LogP contribution in [0.25, 0.3) is 0 Å². The predicted octanol–water partition coefficient (Wildman–Crippen LogP) is 1.54. The molecule has 1 saturated heterocycles. The minimum Gasteiger partial charge on any atom is -0.469 e. The monoisotopic (exact) mass is 411 g/mol. The number of hydrogen-bond acceptors (Lipinski definition) is 6. The van der Waals surface area contributed by atoms with Crippen LogP contribution in [0.5, 0.6) is 0 Å². The van der Waals surface area contributed by atoms with Crippen molar-refractivity contribution in [1.82, 2.24) is 9.21 Å². The summed E-state index contributed by atoms with van der Waals surface area (Å²) in [7, 11) is -2.19. The Bertz CT molecular complexity index is 785. The van der Waals surface area contributed by atoms with E-state index in [-0.39, 0.29) is 29.2 Å². The molecule has 0 aromatic heterocycles. The number of carbonyl (C=O) groups excluding carboxylic acids is 2. The molecule has 1 amide bonds. The molecule has 1 N–H and O–H groups in total. The minimum absolute atomic E-state index is 0.105. The Kier molecular flexibility index (Phi) is 7.97. The van der Waals surface area contributed by atoms with Crippen molar-refractivity contribution >= 4 is 27.6 Å². The fourth-order valence-electron chi connectivity index (χ4n) is 3.34. The first-order valence-electron chi connectivity index (χ1n) is 9.52. The van der Waals surface area contributed by atoms with Crippen LogP contribution in [0.1, 0.15) is 26.7 Å². The van der Waals surface area contributed by atoms with E-state index in [1.54, 1.807) is 26.0 Å². The molecule has 1 heterocycles. The molecule has 0 spiro atoms. The zero-order valence-corrected chi connectivity index (χ0v) is 17.5. The molecule has 0 aliphatic carbocycles. The van der Waals surface area contributed by atoms with E-state index in [0.29, 0.717) is 44.7 Å². The summed E-state index contributed by atoms with van der Waals surface area (Å²) in [5.74, 6) is -0.518. The topological polar surface area (TPSA) is 96.0 Å². The number of nitrogens with zero attached hydrogens (tertiary/aromatic N) is 2. The standard InChI is InChI=1S/C19H29N3O5S/c1-4-22(5-2)28(25,26)17-8-6-7-16(13-17)20-18(23)14-21-11-9-15(10-12-21)19(24)27-3/h6-8,13,15H,4-5,9-12,14H2,1-3H3,(H,20,23). The molecular formula is C19H29N3O5S. The molecule has 1 aromatic rings. The molecule has 1 aliphatic rings. The van der Waals surface area contributed by atoms with Crippen LogP contribution in [0.15, 0.2) is 29.2 Å². The highest BCUT2D eigenvalue weighted by atomic mass is 32.2. The van der Waals surface area contributed by atoms with Gasteiger partial charge in [-0.15, -0.1) is 0 Å². The first-order chi connectivity index (χ1) is 13.3. The lowest BCUT2D eigenvalue weighted by Crippen LogP contribution is -2.41. The van der Waals surface area contributed by atoms with Gasteiger partial charge in [-0.3, -0.25) is 14.5 Å². The summed E-state index contributed by atoms with van der Waals surface area (Å²) in [4.78, 5) is 26.1. The smallest absolute Gasteiger partial charge is 0.308 e. The lowest BCUT2D eigenvalue weighted by Gasteiger charge is -2.29. The molecule has 0 radical (unpaired) electrons. The molecule has 0 saturated carbocycles. The quantitative estimate of drug-likeness (QED) is 0.652. The summed E-state index contributed by atoms with van der Waals surface area (Å²) in [5.41, 5.74) is 0.447. The minimum atomic E-state index is -3.58. The first-order valence-corrected chi connectivity index (χ1v) is 11.0. The molecule has 156 valence electrons. The van der Waals surface area contributed by atoms with Gasteiger partial charge in [-0.25, -0.2) is 8.42 Å². The maximum atomic E-state index is 12.6. The van der Waals surface area contributed by atoms with Gasteiger partial charge in [-0.1, -0.05) is 19.9 Å². The van der Waals surface area contributed by atoms with Crippen molar-refractivity contribution < 1.29 is 22.7 Å². The van der Waals surface area contributed by atoms with Crippen LogP contribution >= 0.6 is 0 Å². The molecular weight excluding hydrogens is 382 g/mol. The van der Waals surface area contributed by atoms with E-state index < -0.39 is 10.0 Å². The summed E-state index contributed by atoms with van der Waals surface area (Å²) in [6.45, 7) is 5.83. The molecule has 0 atom stereocenters. The number of sulfonamides is 1. The Morgan fingerprint density at radius 1 is 1.21 bits per heavy atom. The number of amides is 1. The van der Waals surface area contributed by atoms with E-state index in [4.69, 9.17) is 4.74 Å². The van der Waals surface area contributed by atoms with Crippen LogP contribution in [0, 0.1) is 5.92 Å². The van der Waals surface area contributed by atoms with Gasteiger partial charge in [0.25, 0.3) is 0 Å². The second kappa shape index (κ2) is 9.99. The van der Waals surface area contributed by atoms with Crippen LogP contribution in [-0.2, 0) is 24.3 Å². The van der Waals surface area contributed by atoms with Crippen LogP contribution < -0.4 is 5.32 Å². The van der Waals surface area contributed by atoms with Gasteiger partial charge in [0.2, 0.25) is 15.9 Å². The average Bonchev–Trinajstić information content (AvgIpc) is 2.68. The third-order valence-corrected chi connectivity index (χ3v) is 7.00. The zero-order valence-electron chi connectivity index (χ0n) is 16.7. The summed E-state index contributed by atoms with van der Waals surface area (Å²) in [6.07, 6.45) is 1.33. The van der Waals surface area contributed by atoms with E-state index >= 15 is 0 Å². The van der Waals surface area contributed by atoms with Crippen LogP contribution in [0.3, 0.4) is 0 Å². The van der Waals surface area contributed by atoms with Crippen LogP contribution in [-0.4, -0.2) is 69.3 Å². The van der Waals surface area contributed by atoms with Crippen molar-refractivity contribution in [3.8, 4) is 0 Å². The third-order valence-electron chi connectivity index (χ3n) is 4.95. The Morgan fingerprint density at radius 2 is 1.86 bits per heavy atom. The summed E-state index contributed by atoms with van der Waals surface area (Å²) in [6, 6.07) is 6.30. The van der Waals surface area contributed by atoms with Gasteiger partial charge >= 0.3 is 5.97 Å². The number of benzene rings is 1. The lowest BCUT2D eigenvalue weighted by atomic mass is 9.97. The SMILES string of the molecule is CCN(CC)S(=O)(=O)c1cccc(NC(=O)CN2CCC(C(=O)OC)CC2)c1. The average molecular weight is 412 g/mol. The molecule has 2 rings (SSSR count). The maximum Gasteiger partial charge on any atom is 0.308 e. The summed E-state index contributed by atoms with van der Waals surface area (Å²) < 4.78 is 31.4.